The van der Waals surface area contributed by atoms with Crippen LogP contribution in [0.15, 0.2) is 46.3 Å². The molecule has 0 bridgehead atoms. The number of benzene rings is 2. The molecule has 4 amide bonds. The lowest BCUT2D eigenvalue weighted by Gasteiger charge is -2.29. The van der Waals surface area contributed by atoms with Gasteiger partial charge in [0, 0.05) is 45.6 Å². The number of anilines is 1. The third-order valence-electron chi connectivity index (χ3n) is 8.93. The summed E-state index contributed by atoms with van der Waals surface area (Å²) < 4.78 is 12.8. The predicted molar refractivity (Wildman–Crippen MR) is 193 cm³/mol. The summed E-state index contributed by atoms with van der Waals surface area (Å²) in [5.74, 6) is 1.52. The quantitative estimate of drug-likeness (QED) is 0.104. The first-order chi connectivity index (χ1) is 24.1. The first-order valence-corrected chi connectivity index (χ1v) is 18.3. The number of unbranched alkanes of at least 4 members (excludes halogenated alkanes) is 2. The van der Waals surface area contributed by atoms with Gasteiger partial charge in [0.2, 0.25) is 17.7 Å². The molecule has 2 aliphatic heterocycles. The zero-order chi connectivity index (χ0) is 35.4. The minimum atomic E-state index is -0.656. The number of aryl methyl sites for hydroxylation is 1. The van der Waals surface area contributed by atoms with Gasteiger partial charge in [0.05, 0.1) is 37.4 Å². The van der Waals surface area contributed by atoms with E-state index in [4.69, 9.17) is 9.47 Å². The van der Waals surface area contributed by atoms with Crippen LogP contribution in [0.4, 0.5) is 5.82 Å². The van der Waals surface area contributed by atoms with E-state index >= 15 is 0 Å². The van der Waals surface area contributed by atoms with Crippen molar-refractivity contribution in [2.45, 2.75) is 77.5 Å². The second-order valence-electron chi connectivity index (χ2n) is 12.4. The van der Waals surface area contributed by atoms with E-state index in [0.717, 1.165) is 44.2 Å². The van der Waals surface area contributed by atoms with Crippen LogP contribution in [0.5, 0.6) is 11.5 Å². The number of halogens is 1. The van der Waals surface area contributed by atoms with Gasteiger partial charge < -0.3 is 25.0 Å². The summed E-state index contributed by atoms with van der Waals surface area (Å²) in [4.78, 5) is 61.2. The lowest BCUT2D eigenvalue weighted by atomic mass is 10.0. The minimum Gasteiger partial charge on any atom is -0.493 e. The highest BCUT2D eigenvalue weighted by molar-refractivity contribution is 9.10. The molecule has 12 nitrogen and oxygen atoms in total. The molecule has 1 unspecified atom stereocenters. The van der Waals surface area contributed by atoms with Gasteiger partial charge in [-0.1, -0.05) is 28.1 Å². The lowest BCUT2D eigenvalue weighted by Crippen LogP contribution is -2.52. The number of aromatic nitrogens is 2. The first-order valence-electron chi connectivity index (χ1n) is 16.6. The normalized spacial score (nSPS) is 16.3. The Morgan fingerprint density at radius 3 is 2.76 bits per heavy atom. The fourth-order valence-electron chi connectivity index (χ4n) is 6.27. The van der Waals surface area contributed by atoms with Gasteiger partial charge in [-0.05, 0) is 68.9 Å². The van der Waals surface area contributed by atoms with E-state index in [1.54, 1.807) is 12.5 Å². The number of amides is 4. The van der Waals surface area contributed by atoms with Crippen LogP contribution in [0.3, 0.4) is 0 Å². The minimum absolute atomic E-state index is 0.00825. The van der Waals surface area contributed by atoms with Crippen LogP contribution in [0, 0.1) is 6.92 Å². The average molecular weight is 764 g/mol. The molecule has 2 atom stereocenters. The second-order valence-corrected chi connectivity index (χ2v) is 14.3. The summed E-state index contributed by atoms with van der Waals surface area (Å²) in [6.07, 6.45) is 3.16. The molecule has 2 aromatic carbocycles. The van der Waals surface area contributed by atoms with Gasteiger partial charge in [-0.25, -0.2) is 9.97 Å². The number of thiophene rings is 1. The number of hydrogen-bond donors (Lipinski definition) is 3. The fourth-order valence-corrected chi connectivity index (χ4v) is 7.66. The Morgan fingerprint density at radius 2 is 1.98 bits per heavy atom. The number of rotatable bonds is 14. The summed E-state index contributed by atoms with van der Waals surface area (Å²) in [7, 11) is 1.61. The van der Waals surface area contributed by atoms with Crippen LogP contribution in [0.25, 0.3) is 10.9 Å². The maximum absolute atomic E-state index is 13.0. The van der Waals surface area contributed by atoms with Crippen molar-refractivity contribution < 1.29 is 28.7 Å². The molecule has 3 N–H and O–H groups in total. The van der Waals surface area contributed by atoms with Gasteiger partial charge in [0.25, 0.3) is 5.91 Å². The Bertz CT molecular complexity index is 1950. The number of imide groups is 1. The molecule has 14 heteroatoms. The molecule has 1 saturated heterocycles. The topological polar surface area (TPSA) is 152 Å². The molecule has 0 radical (unpaired) electrons. The predicted octanol–water partition coefficient (Wildman–Crippen LogP) is 5.96. The van der Waals surface area contributed by atoms with Crippen LogP contribution >= 0.6 is 27.3 Å². The third-order valence-corrected chi connectivity index (χ3v) is 10.5. The molecule has 2 aromatic heterocycles. The van der Waals surface area contributed by atoms with Crippen molar-refractivity contribution >= 4 is 67.6 Å². The number of fused-ring (bicyclic) bond motifs is 2. The molecule has 4 heterocycles. The van der Waals surface area contributed by atoms with Gasteiger partial charge in [0.15, 0.2) is 11.5 Å². The first kappa shape index (κ1) is 35.3. The monoisotopic (exact) mass is 762 g/mol. The number of nitrogens with zero attached hydrogens (tertiary/aromatic N) is 3. The van der Waals surface area contributed by atoms with Crippen molar-refractivity contribution in [3.8, 4) is 11.5 Å². The molecule has 0 spiro atoms. The van der Waals surface area contributed by atoms with Gasteiger partial charge in [-0.15, -0.1) is 11.3 Å². The van der Waals surface area contributed by atoms with Crippen LogP contribution in [-0.2, 0) is 27.5 Å². The smallest absolute Gasteiger partial charge is 0.256 e. The Hall–Kier alpha value is -4.56. The number of hydrogen-bond acceptors (Lipinski definition) is 10. The van der Waals surface area contributed by atoms with Crippen molar-refractivity contribution in [3.63, 3.8) is 0 Å². The number of ether oxygens (including phenoxy) is 2. The standard InChI is InChI=1S/C36H39BrN6O6S/c1-20(22-8-7-9-23(37)14-22)39-34-24-15-29(48-3)30(16-27(24)40-21(2)41-34)49-13-6-4-5-10-32(44)38-17-31-25-18-43(36(47)26(25)19-50-31)28-11-12-33(45)42-35(28)46/h7-9,14-16,19-20,28H,4-6,10-13,17-18H2,1-3H3,(H,38,44)(H,39,40,41)(H,42,45,46)/t20-,28?/m1/s1. The van der Waals surface area contributed by atoms with Gasteiger partial charge in [-0.2, -0.15) is 0 Å². The molecule has 1 fully saturated rings. The van der Waals surface area contributed by atoms with Crippen LogP contribution in [-0.4, -0.2) is 58.3 Å². The molecule has 0 aliphatic carbocycles. The summed E-state index contributed by atoms with van der Waals surface area (Å²) in [6.45, 7) is 5.03. The van der Waals surface area contributed by atoms with Crippen molar-refractivity contribution in [2.24, 2.45) is 0 Å². The summed E-state index contributed by atoms with van der Waals surface area (Å²) in [6, 6.07) is 11.3. The maximum Gasteiger partial charge on any atom is 0.256 e. The van der Waals surface area contributed by atoms with Crippen molar-refractivity contribution in [1.82, 2.24) is 25.5 Å². The summed E-state index contributed by atoms with van der Waals surface area (Å²) >= 11 is 4.98. The molecular weight excluding hydrogens is 724 g/mol. The lowest BCUT2D eigenvalue weighted by molar-refractivity contribution is -0.137. The SMILES string of the molecule is COc1cc2c(N[C@H](C)c3cccc(Br)c3)nc(C)nc2cc1OCCCCCC(=O)NCc1scc2c1CN(C1CCC(=O)NC1=O)C2=O. The molecule has 262 valence electrons. The molecule has 6 rings (SSSR count). The number of methoxy groups -OCH3 is 1. The zero-order valence-corrected chi connectivity index (χ0v) is 30.5. The van der Waals surface area contributed by atoms with E-state index in [0.29, 0.717) is 67.7 Å². The fraction of sp³-hybridized carbons (Fsp3) is 0.389. The molecule has 0 saturated carbocycles. The highest BCUT2D eigenvalue weighted by Crippen LogP contribution is 2.36. The molecule has 4 aromatic rings. The molecule has 50 heavy (non-hydrogen) atoms. The Morgan fingerprint density at radius 1 is 1.14 bits per heavy atom. The summed E-state index contributed by atoms with van der Waals surface area (Å²) in [5, 5.41) is 11.4. The van der Waals surface area contributed by atoms with Crippen molar-refractivity contribution in [1.29, 1.82) is 0 Å². The van der Waals surface area contributed by atoms with E-state index in [1.807, 2.05) is 31.2 Å². The van der Waals surface area contributed by atoms with Crippen LogP contribution in [0.2, 0.25) is 0 Å². The number of carbonyl (C=O) groups is 4. The average Bonchev–Trinajstić information content (AvgIpc) is 3.64. The highest BCUT2D eigenvalue weighted by atomic mass is 79.9. The zero-order valence-electron chi connectivity index (χ0n) is 28.1. The Balaban J connectivity index is 0.962. The molecule has 2 aliphatic rings. The number of piperidine rings is 1. The largest absolute Gasteiger partial charge is 0.493 e. The Kier molecular flexibility index (Phi) is 11.0. The highest BCUT2D eigenvalue weighted by Gasteiger charge is 2.40. The van der Waals surface area contributed by atoms with E-state index in [1.165, 1.54) is 16.2 Å². The van der Waals surface area contributed by atoms with E-state index in [2.05, 4.69) is 60.9 Å². The van der Waals surface area contributed by atoms with Crippen LogP contribution in [0.1, 0.15) is 83.7 Å². The van der Waals surface area contributed by atoms with Gasteiger partial charge in [0.1, 0.15) is 17.7 Å². The molecular formula is C36H39BrN6O6S. The number of carbonyl (C=O) groups excluding carboxylic acids is 4. The number of nitrogens with one attached hydrogen (secondary N) is 3. The van der Waals surface area contributed by atoms with E-state index < -0.39 is 11.9 Å². The Labute approximate surface area is 302 Å². The van der Waals surface area contributed by atoms with Crippen LogP contribution < -0.4 is 25.4 Å². The van der Waals surface area contributed by atoms with E-state index in [9.17, 15) is 19.2 Å². The van der Waals surface area contributed by atoms with Gasteiger partial charge in [-0.3, -0.25) is 24.5 Å². The van der Waals surface area contributed by atoms with Gasteiger partial charge >= 0.3 is 0 Å². The summed E-state index contributed by atoms with van der Waals surface area (Å²) in [5.41, 5.74) is 3.28. The second kappa shape index (κ2) is 15.5. The maximum atomic E-state index is 13.0. The third kappa shape index (κ3) is 7.91. The van der Waals surface area contributed by atoms with E-state index in [-0.39, 0.29) is 30.2 Å². The van der Waals surface area contributed by atoms with Crippen molar-refractivity contribution in [3.05, 3.63) is 73.6 Å². The van der Waals surface area contributed by atoms with Crippen molar-refractivity contribution in [2.75, 3.05) is 19.0 Å².